The minimum absolute atomic E-state index is 0.336. The molecule has 3 atom stereocenters. The molecule has 1 rings (SSSR count). The van der Waals surface area contributed by atoms with E-state index in [1.807, 2.05) is 50.2 Å². The summed E-state index contributed by atoms with van der Waals surface area (Å²) in [4.78, 5) is 13.5. The number of ether oxygens (including phenoxy) is 1. The molecule has 0 bridgehead atoms. The molecule has 3 unspecified atom stereocenters. The van der Waals surface area contributed by atoms with E-state index in [2.05, 4.69) is 6.07 Å². The van der Waals surface area contributed by atoms with Gasteiger partial charge in [0.2, 0.25) is 0 Å². The lowest BCUT2D eigenvalue weighted by Crippen LogP contribution is -2.40. The Bertz CT molecular complexity index is 580. The highest BCUT2D eigenvalue weighted by Crippen LogP contribution is 2.40. The maximum absolute atomic E-state index is 11.5. The molecular weight excluding hydrogens is 292 g/mol. The van der Waals surface area contributed by atoms with E-state index in [-0.39, 0.29) is 5.92 Å². The van der Waals surface area contributed by atoms with Crippen LogP contribution in [0.15, 0.2) is 24.3 Å². The summed E-state index contributed by atoms with van der Waals surface area (Å²) in [6.45, 7) is 4.20. The zero-order valence-corrected chi connectivity index (χ0v) is 14.5. The molecule has 23 heavy (non-hydrogen) atoms. The van der Waals surface area contributed by atoms with E-state index in [0.29, 0.717) is 18.7 Å². The third kappa shape index (κ3) is 4.23. The quantitative estimate of drug-likeness (QED) is 0.798. The Morgan fingerprint density at radius 2 is 2.09 bits per heavy atom. The molecule has 0 heterocycles. The highest BCUT2D eigenvalue weighted by molar-refractivity contribution is 5.70. The minimum atomic E-state index is -0.884. The molecule has 1 N–H and O–H groups in total. The third-order valence-electron chi connectivity index (χ3n) is 4.65. The monoisotopic (exact) mass is 318 g/mol. The van der Waals surface area contributed by atoms with Gasteiger partial charge in [-0.3, -0.25) is 4.79 Å². The van der Waals surface area contributed by atoms with Crippen LogP contribution in [0.4, 0.5) is 0 Å². The van der Waals surface area contributed by atoms with Gasteiger partial charge in [0.15, 0.2) is 0 Å². The van der Waals surface area contributed by atoms with Crippen molar-refractivity contribution in [3.8, 4) is 11.8 Å². The van der Waals surface area contributed by atoms with Gasteiger partial charge in [-0.1, -0.05) is 26.0 Å². The van der Waals surface area contributed by atoms with E-state index >= 15 is 0 Å². The summed E-state index contributed by atoms with van der Waals surface area (Å²) in [7, 11) is 5.47. The molecule has 0 fully saturated rings. The minimum Gasteiger partial charge on any atom is -0.497 e. The number of nitrogens with zero attached hydrogens (tertiary/aromatic N) is 2. The summed E-state index contributed by atoms with van der Waals surface area (Å²) < 4.78 is 5.27. The lowest BCUT2D eigenvalue weighted by molar-refractivity contribution is -0.143. The van der Waals surface area contributed by atoms with Crippen LogP contribution in [0.1, 0.15) is 25.8 Å². The van der Waals surface area contributed by atoms with E-state index in [9.17, 15) is 15.2 Å². The smallest absolute Gasteiger partial charge is 0.306 e. The van der Waals surface area contributed by atoms with Gasteiger partial charge < -0.3 is 14.7 Å². The van der Waals surface area contributed by atoms with Crippen molar-refractivity contribution in [2.24, 2.45) is 11.8 Å². The second kappa shape index (κ2) is 7.98. The maximum atomic E-state index is 11.5. The Hall–Kier alpha value is -2.06. The molecule has 0 aromatic heterocycles. The number of hydrogen-bond donors (Lipinski definition) is 1. The predicted molar refractivity (Wildman–Crippen MR) is 89.4 cm³/mol. The molecule has 0 radical (unpaired) electrons. The number of carbonyl (C=O) groups is 1. The van der Waals surface area contributed by atoms with Gasteiger partial charge in [-0.05, 0) is 50.7 Å². The second-order valence-corrected chi connectivity index (χ2v) is 6.28. The van der Waals surface area contributed by atoms with Crippen molar-refractivity contribution in [1.82, 2.24) is 4.90 Å². The largest absolute Gasteiger partial charge is 0.497 e. The van der Waals surface area contributed by atoms with Crippen molar-refractivity contribution < 1.29 is 14.6 Å². The highest BCUT2D eigenvalue weighted by Gasteiger charge is 2.43. The van der Waals surface area contributed by atoms with Crippen molar-refractivity contribution in [1.29, 1.82) is 5.26 Å². The van der Waals surface area contributed by atoms with Crippen LogP contribution < -0.4 is 4.74 Å². The Kier molecular flexibility index (Phi) is 6.59. The first-order valence-electron chi connectivity index (χ1n) is 7.71. The molecule has 1 aromatic rings. The fourth-order valence-corrected chi connectivity index (χ4v) is 2.80. The van der Waals surface area contributed by atoms with Gasteiger partial charge in [0, 0.05) is 0 Å². The van der Waals surface area contributed by atoms with Gasteiger partial charge in [-0.2, -0.15) is 5.26 Å². The van der Waals surface area contributed by atoms with Gasteiger partial charge in [0.25, 0.3) is 0 Å². The molecule has 5 nitrogen and oxygen atoms in total. The van der Waals surface area contributed by atoms with E-state index in [0.717, 1.165) is 5.56 Å². The zero-order chi connectivity index (χ0) is 17.6. The summed E-state index contributed by atoms with van der Waals surface area (Å²) in [6, 6.07) is 9.81. The van der Waals surface area contributed by atoms with Crippen molar-refractivity contribution in [3.05, 3.63) is 29.8 Å². The van der Waals surface area contributed by atoms with Gasteiger partial charge in [0.05, 0.1) is 24.5 Å². The van der Waals surface area contributed by atoms with Crippen LogP contribution in [0.25, 0.3) is 0 Å². The van der Waals surface area contributed by atoms with Crippen LogP contribution in [0, 0.1) is 23.2 Å². The van der Waals surface area contributed by atoms with Crippen LogP contribution in [0.2, 0.25) is 0 Å². The summed E-state index contributed by atoms with van der Waals surface area (Å²) in [5, 5.41) is 19.4. The summed E-state index contributed by atoms with van der Waals surface area (Å²) in [6.07, 6.45) is 0.558. The number of nitriles is 1. The Morgan fingerprint density at radius 1 is 1.43 bits per heavy atom. The average Bonchev–Trinajstić information content (AvgIpc) is 2.54. The van der Waals surface area contributed by atoms with Crippen molar-refractivity contribution in [2.45, 2.75) is 25.7 Å². The van der Waals surface area contributed by atoms with E-state index in [1.54, 1.807) is 14.0 Å². The molecule has 0 amide bonds. The topological polar surface area (TPSA) is 73.6 Å². The van der Waals surface area contributed by atoms with Crippen LogP contribution >= 0.6 is 0 Å². The molecule has 0 saturated carbocycles. The molecule has 0 aliphatic rings. The number of hydrogen-bond acceptors (Lipinski definition) is 4. The van der Waals surface area contributed by atoms with Crippen LogP contribution in [0.3, 0.4) is 0 Å². The highest BCUT2D eigenvalue weighted by atomic mass is 16.5. The lowest BCUT2D eigenvalue weighted by Gasteiger charge is -2.36. The Morgan fingerprint density at radius 3 is 2.57 bits per heavy atom. The normalized spacial score (nSPS) is 16.2. The maximum Gasteiger partial charge on any atom is 0.306 e. The first-order chi connectivity index (χ1) is 10.8. The molecule has 126 valence electrons. The first-order valence-corrected chi connectivity index (χ1v) is 7.71. The molecule has 0 aliphatic carbocycles. The zero-order valence-electron chi connectivity index (χ0n) is 14.5. The standard InChI is InChI=1S/C18H26N2O3/c1-13(17(21)22)14(2)18(12-19,9-10-20(3)4)15-7-6-8-16(11-15)23-5/h6-8,11,13-14H,9-10H2,1-5H3,(H,21,22). The fourth-order valence-electron chi connectivity index (χ4n) is 2.80. The molecule has 0 spiro atoms. The SMILES string of the molecule is COc1cccc(C(C#N)(CCN(C)C)C(C)C(C)C(=O)O)c1. The Balaban J connectivity index is 3.38. The van der Waals surface area contributed by atoms with Gasteiger partial charge in [-0.15, -0.1) is 0 Å². The number of benzene rings is 1. The van der Waals surface area contributed by atoms with E-state index in [4.69, 9.17) is 4.74 Å². The lowest BCUT2D eigenvalue weighted by atomic mass is 9.65. The molecule has 1 aromatic carbocycles. The number of methoxy groups -OCH3 is 1. The summed E-state index contributed by atoms with van der Waals surface area (Å²) in [5.41, 5.74) is -0.0711. The molecule has 0 saturated heterocycles. The predicted octanol–water partition coefficient (Wildman–Crippen LogP) is 2.77. The molecular formula is C18H26N2O3. The van der Waals surface area contributed by atoms with Gasteiger partial charge >= 0.3 is 5.97 Å². The Labute approximate surface area is 138 Å². The number of aliphatic carboxylic acids is 1. The van der Waals surface area contributed by atoms with Crippen LogP contribution in [0.5, 0.6) is 5.75 Å². The van der Waals surface area contributed by atoms with E-state index < -0.39 is 17.3 Å². The second-order valence-electron chi connectivity index (χ2n) is 6.28. The van der Waals surface area contributed by atoms with Gasteiger partial charge in [-0.25, -0.2) is 0 Å². The number of carboxylic acids is 1. The summed E-state index contributed by atoms with van der Waals surface area (Å²) in [5.74, 6) is -1.17. The van der Waals surface area contributed by atoms with Crippen molar-refractivity contribution >= 4 is 5.97 Å². The van der Waals surface area contributed by atoms with Crippen molar-refractivity contribution in [2.75, 3.05) is 27.7 Å². The van der Waals surface area contributed by atoms with E-state index in [1.165, 1.54) is 0 Å². The molecule has 5 heteroatoms. The molecule has 0 aliphatic heterocycles. The van der Waals surface area contributed by atoms with Crippen molar-refractivity contribution in [3.63, 3.8) is 0 Å². The third-order valence-corrected chi connectivity index (χ3v) is 4.65. The summed E-state index contributed by atoms with van der Waals surface area (Å²) >= 11 is 0. The number of carboxylic acid groups (broad SMARTS) is 1. The average molecular weight is 318 g/mol. The van der Waals surface area contributed by atoms with Gasteiger partial charge in [0.1, 0.15) is 5.75 Å². The first kappa shape index (κ1) is 19.0. The number of rotatable bonds is 8. The fraction of sp³-hybridized carbons (Fsp3) is 0.556. The van der Waals surface area contributed by atoms with Crippen LogP contribution in [-0.2, 0) is 10.2 Å². The van der Waals surface area contributed by atoms with Crippen LogP contribution in [-0.4, -0.2) is 43.7 Å².